The molecule has 1 heterocycles. The molecule has 6 rings (SSSR count). The molecule has 1 saturated carbocycles. The largest absolute Gasteiger partial charge is 0.460 e. The number of urea groups is 1. The summed E-state index contributed by atoms with van der Waals surface area (Å²) >= 11 is 0. The third kappa shape index (κ3) is 12.6. The van der Waals surface area contributed by atoms with E-state index in [0.717, 1.165) is 47.9 Å². The van der Waals surface area contributed by atoms with Crippen molar-refractivity contribution in [1.82, 2.24) is 21.4 Å². The normalized spacial score (nSPS) is 18.4. The maximum atomic E-state index is 14.6. The average molecular weight is 906 g/mol. The first-order valence-corrected chi connectivity index (χ1v) is 22.2. The third-order valence-corrected chi connectivity index (χ3v) is 11.7. The zero-order chi connectivity index (χ0) is 47.4. The van der Waals surface area contributed by atoms with Crippen LogP contribution in [0.4, 0.5) is 25.8 Å². The minimum Gasteiger partial charge on any atom is -0.460 e. The summed E-state index contributed by atoms with van der Waals surface area (Å²) in [5.41, 5.74) is 6.09. The number of hydrogen-bond acceptors (Lipinski definition) is 11. The minimum atomic E-state index is -1.40. The molecule has 2 atom stereocenters. The topological polar surface area (TPSA) is 214 Å². The van der Waals surface area contributed by atoms with Gasteiger partial charge in [0.05, 0.1) is 30.9 Å². The maximum Gasteiger partial charge on any atom is 0.414 e. The molecule has 3 aliphatic rings. The van der Waals surface area contributed by atoms with Gasteiger partial charge in [0.15, 0.2) is 5.78 Å². The Morgan fingerprint density at radius 2 is 1.50 bits per heavy atom. The summed E-state index contributed by atoms with van der Waals surface area (Å²) in [5, 5.41) is 12.2. The molecule has 66 heavy (non-hydrogen) atoms. The number of para-hydroxylation sites is 2. The SMILES string of the molecule is C=CCOC(=O)N1C[C@H](NC(=O)OCC2c3ccccc3-c3ccccc32)C(=O)N(CC(=O)C[C@H](/C=N/NC(=O)NCC2CCC(C(=O)NC)CC2)CC(=O)OC(C)(C)C)c2ccccc21. The van der Waals surface area contributed by atoms with Gasteiger partial charge in [-0.1, -0.05) is 73.3 Å². The minimum absolute atomic E-state index is 0.0242. The lowest BCUT2D eigenvalue weighted by Crippen LogP contribution is -2.54. The highest BCUT2D eigenvalue weighted by Crippen LogP contribution is 2.44. The molecule has 2 aliphatic carbocycles. The van der Waals surface area contributed by atoms with E-state index in [2.05, 4.69) is 33.1 Å². The number of carbonyl (C=O) groups excluding carboxylic acids is 7. The van der Waals surface area contributed by atoms with Gasteiger partial charge in [-0.3, -0.25) is 24.1 Å². The van der Waals surface area contributed by atoms with Crippen LogP contribution in [0, 0.1) is 17.8 Å². The van der Waals surface area contributed by atoms with Crippen molar-refractivity contribution < 1.29 is 47.8 Å². The molecule has 3 aromatic carbocycles. The van der Waals surface area contributed by atoms with Gasteiger partial charge in [0.25, 0.3) is 5.91 Å². The molecule has 1 aliphatic heterocycles. The smallest absolute Gasteiger partial charge is 0.414 e. The number of Topliss-reactive ketones (excluding diaryl/α,β-unsaturated/α-hetero) is 1. The quantitative estimate of drug-likeness (QED) is 0.0419. The number of ketones is 1. The second-order valence-electron chi connectivity index (χ2n) is 17.6. The molecule has 350 valence electrons. The molecule has 6 amide bonds. The number of hydrogen-bond donors (Lipinski definition) is 4. The summed E-state index contributed by atoms with van der Waals surface area (Å²) in [6.45, 7) is 8.08. The Morgan fingerprint density at radius 1 is 0.864 bits per heavy atom. The second-order valence-corrected chi connectivity index (χ2v) is 17.6. The van der Waals surface area contributed by atoms with Gasteiger partial charge < -0.3 is 35.1 Å². The predicted octanol–water partition coefficient (Wildman–Crippen LogP) is 6.21. The first-order valence-electron chi connectivity index (χ1n) is 22.2. The number of nitrogens with zero attached hydrogens (tertiary/aromatic N) is 3. The number of rotatable bonds is 16. The van der Waals surface area contributed by atoms with Gasteiger partial charge in [-0.2, -0.15) is 5.10 Å². The van der Waals surface area contributed by atoms with E-state index >= 15 is 0 Å². The summed E-state index contributed by atoms with van der Waals surface area (Å²) in [6.07, 6.45) is 3.41. The third-order valence-electron chi connectivity index (χ3n) is 11.7. The van der Waals surface area contributed by atoms with Crippen molar-refractivity contribution in [3.8, 4) is 11.1 Å². The Kier molecular flexibility index (Phi) is 16.3. The molecule has 0 unspecified atom stereocenters. The molecule has 0 radical (unpaired) electrons. The lowest BCUT2D eigenvalue weighted by atomic mass is 9.81. The molecule has 1 fully saturated rings. The predicted molar refractivity (Wildman–Crippen MR) is 248 cm³/mol. The van der Waals surface area contributed by atoms with E-state index in [0.29, 0.717) is 6.54 Å². The van der Waals surface area contributed by atoms with Crippen LogP contribution in [0.2, 0.25) is 0 Å². The van der Waals surface area contributed by atoms with Gasteiger partial charge in [-0.25, -0.2) is 19.8 Å². The number of esters is 1. The van der Waals surface area contributed by atoms with E-state index in [1.807, 2.05) is 48.5 Å². The highest BCUT2D eigenvalue weighted by Gasteiger charge is 2.39. The summed E-state index contributed by atoms with van der Waals surface area (Å²) in [7, 11) is 1.62. The van der Waals surface area contributed by atoms with Crippen molar-refractivity contribution in [2.45, 2.75) is 76.9 Å². The molecule has 0 saturated heterocycles. The lowest BCUT2D eigenvalue weighted by molar-refractivity contribution is -0.155. The van der Waals surface area contributed by atoms with Crippen molar-refractivity contribution in [3.05, 3.63) is 96.6 Å². The van der Waals surface area contributed by atoms with E-state index in [1.54, 1.807) is 52.1 Å². The zero-order valence-corrected chi connectivity index (χ0v) is 37.9. The van der Waals surface area contributed by atoms with Gasteiger partial charge in [-0.05, 0) is 86.8 Å². The Labute approximate surface area is 384 Å². The zero-order valence-electron chi connectivity index (χ0n) is 37.9. The highest BCUT2D eigenvalue weighted by molar-refractivity contribution is 6.09. The van der Waals surface area contributed by atoms with Crippen LogP contribution in [0.3, 0.4) is 0 Å². The summed E-state index contributed by atoms with van der Waals surface area (Å²) < 4.78 is 16.7. The van der Waals surface area contributed by atoms with Crippen LogP contribution in [-0.4, -0.2) is 99.5 Å². The standard InChI is InChI=1S/C49H59N7O10/c1-6-23-64-48(63)56-29-40(53-47(62)65-30-39-37-15-9-7-13-35(37)36-14-8-10-16-38(36)39)45(60)55(41-17-11-12-18-42(41)56)28-34(57)24-32(25-43(58)66-49(2,3)4)27-52-54-46(61)51-26-31-19-21-33(22-20-31)44(59)50-5/h6-18,27,31-33,39-40H,1,19-26,28-30H2,2-5H3,(H,50,59)(H,53,62)(H2,51,54,61)/b52-27+/t31?,32-,33?,40-/m0/s1. The number of carbonyl (C=O) groups is 7. The molecule has 0 bridgehead atoms. The van der Waals surface area contributed by atoms with Crippen molar-refractivity contribution in [2.75, 3.05) is 49.7 Å². The first kappa shape index (κ1) is 48.4. The Morgan fingerprint density at radius 3 is 2.14 bits per heavy atom. The van der Waals surface area contributed by atoms with Crippen molar-refractivity contribution in [3.63, 3.8) is 0 Å². The Balaban J connectivity index is 1.16. The summed E-state index contributed by atoms with van der Waals surface area (Å²) in [6, 6.07) is 20.2. The maximum absolute atomic E-state index is 14.6. The van der Waals surface area contributed by atoms with Crippen LogP contribution in [0.15, 0.2) is 90.6 Å². The Bertz CT molecular complexity index is 2270. The van der Waals surface area contributed by atoms with Gasteiger partial charge in [-0.15, -0.1) is 0 Å². The average Bonchev–Trinajstić information content (AvgIpc) is 3.56. The number of nitrogens with one attached hydrogen (secondary N) is 4. The fourth-order valence-corrected chi connectivity index (χ4v) is 8.64. The number of hydrazone groups is 1. The lowest BCUT2D eigenvalue weighted by Gasteiger charge is -2.27. The van der Waals surface area contributed by atoms with E-state index < -0.39 is 60.0 Å². The van der Waals surface area contributed by atoms with Gasteiger partial charge in [0, 0.05) is 44.0 Å². The van der Waals surface area contributed by atoms with E-state index in [1.165, 1.54) is 22.1 Å². The van der Waals surface area contributed by atoms with Crippen LogP contribution >= 0.6 is 0 Å². The molecule has 0 spiro atoms. The first-order chi connectivity index (χ1) is 31.6. The van der Waals surface area contributed by atoms with Crippen molar-refractivity contribution >= 4 is 59.4 Å². The molecule has 17 heteroatoms. The molecular formula is C49H59N7O10. The Hall–Kier alpha value is -7.04. The van der Waals surface area contributed by atoms with Gasteiger partial charge in [0.1, 0.15) is 24.9 Å². The summed E-state index contributed by atoms with van der Waals surface area (Å²) in [4.78, 5) is 96.0. The van der Waals surface area contributed by atoms with Crippen molar-refractivity contribution in [2.24, 2.45) is 22.9 Å². The van der Waals surface area contributed by atoms with Crippen LogP contribution in [0.5, 0.6) is 0 Å². The fraction of sp³-hybridized carbons (Fsp3) is 0.429. The van der Waals surface area contributed by atoms with Crippen LogP contribution in [-0.2, 0) is 33.4 Å². The second kappa shape index (κ2) is 22.2. The number of alkyl carbamates (subject to hydrolysis) is 1. The van der Waals surface area contributed by atoms with Gasteiger partial charge >= 0.3 is 24.2 Å². The molecule has 4 N–H and O–H groups in total. The molecule has 0 aromatic heterocycles. The number of amides is 6. The highest BCUT2D eigenvalue weighted by atomic mass is 16.6. The number of fused-ring (bicyclic) bond motifs is 4. The van der Waals surface area contributed by atoms with Gasteiger partial charge in [0.2, 0.25) is 5.91 Å². The van der Waals surface area contributed by atoms with Crippen LogP contribution < -0.4 is 31.2 Å². The number of benzene rings is 3. The molecular weight excluding hydrogens is 847 g/mol. The summed E-state index contributed by atoms with van der Waals surface area (Å²) in [5.74, 6) is -2.76. The van der Waals surface area contributed by atoms with Crippen LogP contribution in [0.1, 0.15) is 76.3 Å². The monoisotopic (exact) mass is 905 g/mol. The van der Waals surface area contributed by atoms with E-state index in [4.69, 9.17) is 14.2 Å². The number of anilines is 2. The van der Waals surface area contributed by atoms with Crippen LogP contribution in [0.25, 0.3) is 11.1 Å². The molecule has 3 aromatic rings. The number of ether oxygens (including phenoxy) is 3. The molecule has 17 nitrogen and oxygen atoms in total. The van der Waals surface area contributed by atoms with E-state index in [-0.39, 0.29) is 67.6 Å². The van der Waals surface area contributed by atoms with E-state index in [9.17, 15) is 33.6 Å². The fourth-order valence-electron chi connectivity index (χ4n) is 8.64. The van der Waals surface area contributed by atoms with Crippen molar-refractivity contribution in [1.29, 1.82) is 0 Å².